The van der Waals surface area contributed by atoms with E-state index < -0.39 is 29.2 Å². The highest BCUT2D eigenvalue weighted by atomic mass is 35.5. The van der Waals surface area contributed by atoms with E-state index in [0.717, 1.165) is 0 Å². The van der Waals surface area contributed by atoms with Crippen LogP contribution in [-0.4, -0.2) is 41.2 Å². The predicted octanol–water partition coefficient (Wildman–Crippen LogP) is 5.30. The average molecular weight is 563 g/mol. The molecule has 1 aliphatic carbocycles. The Morgan fingerprint density at radius 1 is 1.16 bits per heavy atom. The maximum absolute atomic E-state index is 15.8. The third-order valence-corrected chi connectivity index (χ3v) is 8.79. The second-order valence-electron chi connectivity index (χ2n) is 12.1. The monoisotopic (exact) mass is 561 g/mol. The van der Waals surface area contributed by atoms with Crippen LogP contribution in [0.1, 0.15) is 69.9 Å². The van der Waals surface area contributed by atoms with E-state index in [1.54, 1.807) is 24.3 Å². The first-order chi connectivity index (χ1) is 17.9. The lowest BCUT2D eigenvalue weighted by atomic mass is 9.62. The van der Waals surface area contributed by atoms with E-state index in [0.29, 0.717) is 48.4 Å². The number of benzene rings is 2. The number of aliphatic hydroxyl groups is 1. The zero-order valence-corrected chi connectivity index (χ0v) is 23.3. The first kappa shape index (κ1) is 27.4. The summed E-state index contributed by atoms with van der Waals surface area (Å²) in [5, 5.41) is 19.9. The molecule has 2 heterocycles. The molecular formula is C29H34Cl2FN3O3. The molecule has 2 fully saturated rings. The van der Waals surface area contributed by atoms with Gasteiger partial charge in [0.1, 0.15) is 11.2 Å². The van der Waals surface area contributed by atoms with E-state index in [9.17, 15) is 14.7 Å². The summed E-state index contributed by atoms with van der Waals surface area (Å²) in [7, 11) is 0. The fourth-order valence-corrected chi connectivity index (χ4v) is 7.02. The lowest BCUT2D eigenvalue weighted by Crippen LogP contribution is -2.50. The second kappa shape index (κ2) is 10.1. The van der Waals surface area contributed by atoms with Crippen molar-refractivity contribution in [1.29, 1.82) is 0 Å². The largest absolute Gasteiger partial charge is 0.393 e. The number of fused-ring (bicyclic) bond motifs is 2. The summed E-state index contributed by atoms with van der Waals surface area (Å²) in [5.74, 6) is -2.09. The molecule has 9 heteroatoms. The van der Waals surface area contributed by atoms with E-state index in [-0.39, 0.29) is 40.0 Å². The van der Waals surface area contributed by atoms with Crippen molar-refractivity contribution in [3.05, 3.63) is 63.4 Å². The number of aliphatic hydroxyl groups excluding tert-OH is 1. The number of halogens is 3. The van der Waals surface area contributed by atoms with Crippen molar-refractivity contribution in [2.75, 3.05) is 5.32 Å². The standard InChI is InChI=1S/C29H34Cl2FN3O3/c1-28(2,3)14-22-29(19-12-7-15(30)13-21(19)34-27(29)38)23(18-5-4-6-20(31)24(18)32)25(35-22)26(37)33-16-8-10-17(36)11-9-16/h4-7,12-13,16-17,22-23,25,35-36H,8-11,14H2,1-3H3,(H,33,37)(H,34,38)/t16?,17?,22-,23-,25-,29+/m0/s1. The molecule has 38 heavy (non-hydrogen) atoms. The Bertz CT molecular complexity index is 1260. The van der Waals surface area contributed by atoms with E-state index in [2.05, 4.69) is 36.7 Å². The van der Waals surface area contributed by atoms with E-state index in [4.69, 9.17) is 23.2 Å². The van der Waals surface area contributed by atoms with Crippen LogP contribution < -0.4 is 16.0 Å². The molecule has 0 unspecified atom stereocenters. The lowest BCUT2D eigenvalue weighted by Gasteiger charge is -2.38. The van der Waals surface area contributed by atoms with E-state index in [1.807, 2.05) is 6.07 Å². The van der Waals surface area contributed by atoms with Crippen molar-refractivity contribution < 1.29 is 19.1 Å². The van der Waals surface area contributed by atoms with Gasteiger partial charge in [-0.15, -0.1) is 0 Å². The van der Waals surface area contributed by atoms with Gasteiger partial charge in [0.15, 0.2) is 0 Å². The Hall–Kier alpha value is -2.19. The number of anilines is 1. The number of amides is 2. The van der Waals surface area contributed by atoms with Gasteiger partial charge in [0.05, 0.1) is 17.2 Å². The van der Waals surface area contributed by atoms with Crippen LogP contribution in [0.3, 0.4) is 0 Å². The van der Waals surface area contributed by atoms with Crippen molar-refractivity contribution >= 4 is 40.7 Å². The van der Waals surface area contributed by atoms with Gasteiger partial charge in [-0.05, 0) is 66.8 Å². The minimum absolute atomic E-state index is 0.0629. The van der Waals surface area contributed by atoms with Crippen LogP contribution in [0.5, 0.6) is 0 Å². The van der Waals surface area contributed by atoms with Crippen molar-refractivity contribution in [3.8, 4) is 0 Å². The van der Waals surface area contributed by atoms with Gasteiger partial charge in [-0.2, -0.15) is 0 Å². The number of nitrogens with one attached hydrogen (secondary N) is 3. The number of carbonyl (C=O) groups is 2. The quantitative estimate of drug-likeness (QED) is 0.407. The van der Waals surface area contributed by atoms with Gasteiger partial charge in [0.25, 0.3) is 0 Å². The maximum Gasteiger partial charge on any atom is 0.238 e. The van der Waals surface area contributed by atoms with Crippen molar-refractivity contribution in [2.45, 2.75) is 88.4 Å². The van der Waals surface area contributed by atoms with Crippen molar-refractivity contribution in [3.63, 3.8) is 0 Å². The highest BCUT2D eigenvalue weighted by molar-refractivity contribution is 6.31. The normalized spacial score (nSPS) is 30.8. The SMILES string of the molecule is CC(C)(C)C[C@@H]1N[C@H](C(=O)NC2CCC(O)CC2)[C@H](c2cccc(Cl)c2F)[C@]12C(=O)Nc1cc(Cl)ccc12. The van der Waals surface area contributed by atoms with Gasteiger partial charge in [-0.3, -0.25) is 9.59 Å². The summed E-state index contributed by atoms with van der Waals surface area (Å²) in [6.07, 6.45) is 2.75. The Morgan fingerprint density at radius 2 is 1.87 bits per heavy atom. The van der Waals surface area contributed by atoms with Crippen LogP contribution in [0.2, 0.25) is 10.0 Å². The number of rotatable bonds is 4. The molecule has 4 N–H and O–H groups in total. The molecule has 0 aromatic heterocycles. The van der Waals surface area contributed by atoms with Gasteiger partial charge in [0, 0.05) is 28.7 Å². The second-order valence-corrected chi connectivity index (χ2v) is 13.0. The summed E-state index contributed by atoms with van der Waals surface area (Å²) in [6.45, 7) is 6.23. The van der Waals surface area contributed by atoms with E-state index >= 15 is 4.39 Å². The van der Waals surface area contributed by atoms with Crippen LogP contribution in [0, 0.1) is 11.2 Å². The Balaban J connectivity index is 1.67. The number of hydrogen-bond donors (Lipinski definition) is 4. The molecule has 6 nitrogen and oxygen atoms in total. The Morgan fingerprint density at radius 3 is 2.55 bits per heavy atom. The average Bonchev–Trinajstić information content (AvgIpc) is 3.31. The van der Waals surface area contributed by atoms with E-state index in [1.165, 1.54) is 6.07 Å². The molecule has 2 aliphatic heterocycles. The van der Waals surface area contributed by atoms with Gasteiger partial charge < -0.3 is 21.1 Å². The molecule has 2 amide bonds. The number of carbonyl (C=O) groups excluding carboxylic acids is 2. The Kier molecular flexibility index (Phi) is 7.27. The smallest absolute Gasteiger partial charge is 0.238 e. The first-order valence-corrected chi connectivity index (χ1v) is 14.0. The van der Waals surface area contributed by atoms with Gasteiger partial charge in [0.2, 0.25) is 11.8 Å². The molecule has 2 aromatic carbocycles. The molecule has 1 spiro atoms. The fourth-order valence-electron chi connectivity index (χ4n) is 6.66. The lowest BCUT2D eigenvalue weighted by molar-refractivity contribution is -0.124. The fraction of sp³-hybridized carbons (Fsp3) is 0.517. The summed E-state index contributed by atoms with van der Waals surface area (Å²) in [5.41, 5.74) is -0.00278. The molecule has 1 saturated heterocycles. The molecule has 0 bridgehead atoms. The first-order valence-electron chi connectivity index (χ1n) is 13.2. The molecule has 5 rings (SSSR count). The molecule has 4 atom stereocenters. The van der Waals surface area contributed by atoms with Crippen LogP contribution >= 0.6 is 23.2 Å². The molecule has 0 radical (unpaired) electrons. The minimum atomic E-state index is -1.27. The van der Waals surface area contributed by atoms with Crippen LogP contribution in [-0.2, 0) is 15.0 Å². The van der Waals surface area contributed by atoms with Crippen LogP contribution in [0.25, 0.3) is 0 Å². The highest BCUT2D eigenvalue weighted by Gasteiger charge is 2.66. The van der Waals surface area contributed by atoms with Gasteiger partial charge in [-0.1, -0.05) is 62.2 Å². The van der Waals surface area contributed by atoms with Crippen LogP contribution in [0.15, 0.2) is 36.4 Å². The van der Waals surface area contributed by atoms with Crippen molar-refractivity contribution in [2.24, 2.45) is 5.41 Å². The Labute approximate surface area is 232 Å². The van der Waals surface area contributed by atoms with Gasteiger partial charge in [-0.25, -0.2) is 4.39 Å². The zero-order valence-electron chi connectivity index (χ0n) is 21.8. The third-order valence-electron chi connectivity index (χ3n) is 8.26. The molecule has 204 valence electrons. The van der Waals surface area contributed by atoms with Crippen molar-refractivity contribution in [1.82, 2.24) is 10.6 Å². The predicted molar refractivity (Wildman–Crippen MR) is 147 cm³/mol. The molecular weight excluding hydrogens is 528 g/mol. The molecule has 1 saturated carbocycles. The summed E-state index contributed by atoms with van der Waals surface area (Å²) in [6, 6.07) is 8.50. The third kappa shape index (κ3) is 4.72. The molecule has 3 aliphatic rings. The number of hydrogen-bond acceptors (Lipinski definition) is 4. The zero-order chi connectivity index (χ0) is 27.4. The maximum atomic E-state index is 15.8. The summed E-state index contributed by atoms with van der Waals surface area (Å²) < 4.78 is 15.8. The van der Waals surface area contributed by atoms with Gasteiger partial charge >= 0.3 is 0 Å². The minimum Gasteiger partial charge on any atom is -0.393 e. The summed E-state index contributed by atoms with van der Waals surface area (Å²) in [4.78, 5) is 28.1. The highest BCUT2D eigenvalue weighted by Crippen LogP contribution is 2.57. The summed E-state index contributed by atoms with van der Waals surface area (Å²) >= 11 is 12.5. The van der Waals surface area contributed by atoms with Crippen LogP contribution in [0.4, 0.5) is 10.1 Å². The molecule has 2 aromatic rings. The topological polar surface area (TPSA) is 90.5 Å².